The first kappa shape index (κ1) is 24.1. The molecule has 3 rings (SSSR count). The van der Waals surface area contributed by atoms with Crippen LogP contribution in [-0.2, 0) is 9.59 Å². The van der Waals surface area contributed by atoms with Gasteiger partial charge in [-0.25, -0.2) is 0 Å². The molecule has 0 radical (unpaired) electrons. The van der Waals surface area contributed by atoms with Gasteiger partial charge in [-0.1, -0.05) is 26.0 Å². The van der Waals surface area contributed by atoms with E-state index in [1.165, 1.54) is 4.90 Å². The first-order valence-corrected chi connectivity index (χ1v) is 10.8. The quantitative estimate of drug-likeness (QED) is 0.160. The van der Waals surface area contributed by atoms with E-state index in [2.05, 4.69) is 53.4 Å². The van der Waals surface area contributed by atoms with Gasteiger partial charge in [-0.3, -0.25) is 24.4 Å². The maximum Gasteiger partial charge on any atom is 0.233 e. The zero-order valence-corrected chi connectivity index (χ0v) is 20.4. The van der Waals surface area contributed by atoms with Crippen LogP contribution in [0.15, 0.2) is 17.1 Å². The molecule has 1 saturated heterocycles. The van der Waals surface area contributed by atoms with Gasteiger partial charge in [0.2, 0.25) is 11.8 Å². The Morgan fingerprint density at radius 1 is 1.14 bits per heavy atom. The van der Waals surface area contributed by atoms with E-state index in [1.807, 2.05) is 6.92 Å². The molecule has 3 aliphatic rings. The highest BCUT2D eigenvalue weighted by Crippen LogP contribution is 2.52. The molecule has 1 heterocycles. The summed E-state index contributed by atoms with van der Waals surface area (Å²) in [5, 5.41) is 6.53. The second-order valence-electron chi connectivity index (χ2n) is 8.04. The highest BCUT2D eigenvalue weighted by molar-refractivity contribution is 14.0. The molecule has 0 spiro atoms. The molecule has 0 aromatic rings. The third-order valence-electron chi connectivity index (χ3n) is 6.48. The molecule has 2 aliphatic carbocycles. The summed E-state index contributed by atoms with van der Waals surface area (Å²) in [5.41, 5.74) is 0. The van der Waals surface area contributed by atoms with Crippen LogP contribution in [0.25, 0.3) is 0 Å². The molecule has 164 valence electrons. The van der Waals surface area contributed by atoms with E-state index in [0.29, 0.717) is 25.7 Å². The molecule has 5 unspecified atom stereocenters. The largest absolute Gasteiger partial charge is 0.357 e. The summed E-state index contributed by atoms with van der Waals surface area (Å²) in [7, 11) is 0. The van der Waals surface area contributed by atoms with E-state index in [0.717, 1.165) is 32.0 Å². The zero-order valence-electron chi connectivity index (χ0n) is 18.1. The number of hydrogen-bond donors (Lipinski definition) is 2. The van der Waals surface area contributed by atoms with E-state index < -0.39 is 0 Å². The van der Waals surface area contributed by atoms with E-state index >= 15 is 0 Å². The minimum atomic E-state index is -0.112. The number of likely N-dealkylation sites (tertiary alicyclic amines) is 1. The minimum absolute atomic E-state index is 0. The Morgan fingerprint density at radius 3 is 2.24 bits per heavy atom. The number of likely N-dealkylation sites (N-methyl/N-ethyl adjacent to an activating group) is 1. The molecule has 29 heavy (non-hydrogen) atoms. The number of hydrogen-bond acceptors (Lipinski definition) is 4. The van der Waals surface area contributed by atoms with Gasteiger partial charge in [0.1, 0.15) is 0 Å². The molecule has 5 atom stereocenters. The molecular weight excluding hydrogens is 481 g/mol. The first-order valence-electron chi connectivity index (χ1n) is 10.8. The van der Waals surface area contributed by atoms with Gasteiger partial charge in [0, 0.05) is 25.7 Å². The predicted molar refractivity (Wildman–Crippen MR) is 126 cm³/mol. The van der Waals surface area contributed by atoms with Crippen molar-refractivity contribution in [3.63, 3.8) is 0 Å². The number of allylic oxidation sites excluding steroid dienone is 2. The van der Waals surface area contributed by atoms with Crippen molar-refractivity contribution in [1.29, 1.82) is 0 Å². The average molecular weight is 517 g/mol. The van der Waals surface area contributed by atoms with Crippen molar-refractivity contribution in [1.82, 2.24) is 20.4 Å². The van der Waals surface area contributed by atoms with Gasteiger partial charge in [0.05, 0.1) is 18.4 Å². The lowest BCUT2D eigenvalue weighted by Crippen LogP contribution is -2.44. The fraction of sp³-hybridized carbons (Fsp3) is 0.762. The monoisotopic (exact) mass is 517 g/mol. The van der Waals surface area contributed by atoms with Crippen LogP contribution in [0.3, 0.4) is 0 Å². The van der Waals surface area contributed by atoms with E-state index in [-0.39, 0.29) is 59.5 Å². The molecular formula is C21H36IN5O2. The van der Waals surface area contributed by atoms with Crippen LogP contribution < -0.4 is 10.6 Å². The molecule has 8 heteroatoms. The number of fused-ring (bicyclic) bond motifs is 5. The smallest absolute Gasteiger partial charge is 0.233 e. The van der Waals surface area contributed by atoms with Crippen LogP contribution in [0, 0.1) is 23.7 Å². The third-order valence-corrected chi connectivity index (χ3v) is 6.48. The van der Waals surface area contributed by atoms with Gasteiger partial charge in [0.15, 0.2) is 5.96 Å². The summed E-state index contributed by atoms with van der Waals surface area (Å²) >= 11 is 0. The first-order chi connectivity index (χ1) is 13.5. The van der Waals surface area contributed by atoms with E-state index in [4.69, 9.17) is 0 Å². The fourth-order valence-electron chi connectivity index (χ4n) is 5.00. The lowest BCUT2D eigenvalue weighted by atomic mass is 9.85. The fourth-order valence-corrected chi connectivity index (χ4v) is 5.00. The summed E-state index contributed by atoms with van der Waals surface area (Å²) in [6, 6.07) is 0.370. The van der Waals surface area contributed by atoms with Crippen LogP contribution in [0.1, 0.15) is 34.1 Å². The SMILES string of the molecule is CCNC(=NCC(C)N(CC)CC)NCCN1C(=O)C2C3C=CC(C3)C2C1=O.I. The lowest BCUT2D eigenvalue weighted by molar-refractivity contribution is -0.140. The van der Waals surface area contributed by atoms with Crippen LogP contribution in [0.4, 0.5) is 0 Å². The number of carbonyl (C=O) groups excluding carboxylic acids is 2. The average Bonchev–Trinajstić information content (AvgIpc) is 3.36. The van der Waals surface area contributed by atoms with Crippen molar-refractivity contribution in [2.45, 2.75) is 40.2 Å². The molecule has 2 N–H and O–H groups in total. The number of carbonyl (C=O) groups is 2. The maximum absolute atomic E-state index is 12.7. The lowest BCUT2D eigenvalue weighted by Gasteiger charge is -2.25. The maximum atomic E-state index is 12.7. The number of amides is 2. The van der Waals surface area contributed by atoms with Gasteiger partial charge in [-0.15, -0.1) is 24.0 Å². The third kappa shape index (κ3) is 4.95. The number of aliphatic imine (C=N–C) groups is 1. The molecule has 2 bridgehead atoms. The Hall–Kier alpha value is -1.16. The van der Waals surface area contributed by atoms with Crippen molar-refractivity contribution in [2.75, 3.05) is 39.3 Å². The Kier molecular flexibility index (Phi) is 8.93. The molecule has 1 aliphatic heterocycles. The van der Waals surface area contributed by atoms with Gasteiger partial charge in [0.25, 0.3) is 0 Å². The number of nitrogens with zero attached hydrogens (tertiary/aromatic N) is 3. The van der Waals surface area contributed by atoms with Crippen molar-refractivity contribution in [3.8, 4) is 0 Å². The van der Waals surface area contributed by atoms with Crippen molar-refractivity contribution in [3.05, 3.63) is 12.2 Å². The number of halogens is 1. The second-order valence-corrected chi connectivity index (χ2v) is 8.04. The number of nitrogens with one attached hydrogen (secondary N) is 2. The zero-order chi connectivity index (χ0) is 20.3. The Bertz CT molecular complexity index is 619. The summed E-state index contributed by atoms with van der Waals surface area (Å²) in [6.07, 6.45) is 5.23. The summed E-state index contributed by atoms with van der Waals surface area (Å²) in [6.45, 7) is 13.0. The summed E-state index contributed by atoms with van der Waals surface area (Å²) in [5.74, 6) is 1.09. The van der Waals surface area contributed by atoms with Crippen LogP contribution >= 0.6 is 24.0 Å². The summed E-state index contributed by atoms with van der Waals surface area (Å²) in [4.78, 5) is 34.0. The number of rotatable bonds is 9. The molecule has 7 nitrogen and oxygen atoms in total. The van der Waals surface area contributed by atoms with Crippen molar-refractivity contribution >= 4 is 41.8 Å². The highest BCUT2D eigenvalue weighted by atomic mass is 127. The number of imide groups is 1. The Labute approximate surface area is 191 Å². The molecule has 0 aromatic heterocycles. The molecule has 0 aromatic carbocycles. The van der Waals surface area contributed by atoms with Gasteiger partial charge in [-0.2, -0.15) is 0 Å². The van der Waals surface area contributed by atoms with Crippen LogP contribution in [0.5, 0.6) is 0 Å². The van der Waals surface area contributed by atoms with Gasteiger partial charge < -0.3 is 10.6 Å². The normalized spacial score (nSPS) is 28.7. The summed E-state index contributed by atoms with van der Waals surface area (Å²) < 4.78 is 0. The van der Waals surface area contributed by atoms with Gasteiger partial charge in [-0.05, 0) is 45.2 Å². The van der Waals surface area contributed by atoms with Gasteiger partial charge >= 0.3 is 0 Å². The molecule has 1 saturated carbocycles. The Balaban J connectivity index is 0.00000300. The standard InChI is InChI=1S/C21H35N5O2.HI/c1-5-22-21(24-13-14(4)25(6-2)7-3)23-10-11-26-19(27)17-15-8-9-16(12-15)18(17)20(26)28;/h8-9,14-18H,5-7,10-13H2,1-4H3,(H2,22,23,24);1H. The van der Waals surface area contributed by atoms with E-state index in [1.54, 1.807) is 0 Å². The van der Waals surface area contributed by atoms with Crippen molar-refractivity contribution < 1.29 is 9.59 Å². The minimum Gasteiger partial charge on any atom is -0.357 e. The topological polar surface area (TPSA) is 77.0 Å². The predicted octanol–water partition coefficient (Wildman–Crippen LogP) is 1.70. The highest BCUT2D eigenvalue weighted by Gasteiger charge is 2.58. The van der Waals surface area contributed by atoms with Crippen LogP contribution in [0.2, 0.25) is 0 Å². The number of guanidine groups is 1. The van der Waals surface area contributed by atoms with Crippen LogP contribution in [-0.4, -0.2) is 72.9 Å². The molecule has 2 fully saturated rings. The molecule has 2 amide bonds. The van der Waals surface area contributed by atoms with Crippen molar-refractivity contribution in [2.24, 2.45) is 28.7 Å². The Morgan fingerprint density at radius 2 is 1.72 bits per heavy atom. The second kappa shape index (κ2) is 10.7. The van der Waals surface area contributed by atoms with E-state index in [9.17, 15) is 9.59 Å².